The van der Waals surface area contributed by atoms with Crippen molar-refractivity contribution in [2.24, 2.45) is 5.73 Å². The van der Waals surface area contributed by atoms with Crippen molar-refractivity contribution < 1.29 is 13.5 Å². The van der Waals surface area contributed by atoms with Gasteiger partial charge in [-0.15, -0.1) is 0 Å². The largest absolute Gasteiger partial charge is 0.429 e. The van der Waals surface area contributed by atoms with E-state index in [0.29, 0.717) is 24.0 Å². The van der Waals surface area contributed by atoms with Crippen molar-refractivity contribution in [1.82, 2.24) is 0 Å². The van der Waals surface area contributed by atoms with E-state index in [1.54, 1.807) is 24.3 Å². The third-order valence-corrected chi connectivity index (χ3v) is 1.85. The van der Waals surface area contributed by atoms with Crippen LogP contribution < -0.4 is 10.5 Å². The van der Waals surface area contributed by atoms with E-state index in [-0.39, 0.29) is 5.82 Å². The van der Waals surface area contributed by atoms with E-state index in [0.717, 1.165) is 0 Å². The molecule has 0 saturated carbocycles. The van der Waals surface area contributed by atoms with Crippen LogP contribution in [0.4, 0.5) is 4.39 Å². The normalized spacial score (nSPS) is 10.3. The highest BCUT2D eigenvalue weighted by molar-refractivity contribution is 5.26. The van der Waals surface area contributed by atoms with E-state index in [1.165, 1.54) is 12.1 Å². The number of hydrogen-bond acceptors (Lipinski definition) is 3. The number of nitrogens with two attached hydrogens (primary N) is 1. The molecule has 4 heteroatoms. The maximum Gasteiger partial charge on any atom is 0.290 e. The molecule has 0 unspecified atom stereocenters. The van der Waals surface area contributed by atoms with E-state index in [4.69, 9.17) is 14.9 Å². The minimum absolute atomic E-state index is 0.307. The Kier molecular flexibility index (Phi) is 2.69. The van der Waals surface area contributed by atoms with Gasteiger partial charge >= 0.3 is 0 Å². The summed E-state index contributed by atoms with van der Waals surface area (Å²) in [6.45, 7) is 0.312. The Morgan fingerprint density at radius 2 is 2.13 bits per heavy atom. The van der Waals surface area contributed by atoms with Crippen LogP contribution in [0.3, 0.4) is 0 Å². The maximum absolute atomic E-state index is 12.8. The van der Waals surface area contributed by atoms with Crippen molar-refractivity contribution >= 4 is 0 Å². The third kappa shape index (κ3) is 2.35. The molecule has 0 radical (unpaired) electrons. The zero-order valence-corrected chi connectivity index (χ0v) is 7.94. The van der Waals surface area contributed by atoms with Crippen molar-refractivity contribution in [3.8, 4) is 11.7 Å². The highest BCUT2D eigenvalue weighted by Crippen LogP contribution is 2.23. The first kappa shape index (κ1) is 9.73. The lowest BCUT2D eigenvalue weighted by molar-refractivity contribution is 0.331. The number of hydrogen-bond donors (Lipinski definition) is 1. The molecule has 2 aromatic rings. The summed E-state index contributed by atoms with van der Waals surface area (Å²) in [6, 6.07) is 9.21. The summed E-state index contributed by atoms with van der Waals surface area (Å²) in [5.41, 5.74) is 5.37. The summed E-state index contributed by atoms with van der Waals surface area (Å²) in [5.74, 6) is 0.980. The molecule has 2 rings (SSSR count). The second-order valence-corrected chi connectivity index (χ2v) is 2.98. The van der Waals surface area contributed by atoms with Crippen molar-refractivity contribution in [1.29, 1.82) is 0 Å². The molecule has 0 aliphatic rings. The fourth-order valence-corrected chi connectivity index (χ4v) is 1.17. The van der Waals surface area contributed by atoms with Crippen LogP contribution in [0, 0.1) is 5.82 Å². The molecule has 0 saturated heterocycles. The van der Waals surface area contributed by atoms with Gasteiger partial charge in [0.2, 0.25) is 0 Å². The highest BCUT2D eigenvalue weighted by Gasteiger charge is 2.03. The molecule has 3 nitrogen and oxygen atoms in total. The second-order valence-electron chi connectivity index (χ2n) is 2.98. The van der Waals surface area contributed by atoms with Crippen LogP contribution in [0.1, 0.15) is 5.76 Å². The lowest BCUT2D eigenvalue weighted by Crippen LogP contribution is -1.92. The predicted octanol–water partition coefficient (Wildman–Crippen LogP) is 2.67. The molecule has 1 aromatic carbocycles. The fraction of sp³-hybridized carbons (Fsp3) is 0.0909. The monoisotopic (exact) mass is 207 g/mol. The Morgan fingerprint density at radius 1 is 1.27 bits per heavy atom. The first-order chi connectivity index (χ1) is 7.28. The number of benzene rings is 1. The van der Waals surface area contributed by atoms with Crippen LogP contribution >= 0.6 is 0 Å². The second kappa shape index (κ2) is 4.14. The molecule has 0 amide bonds. The van der Waals surface area contributed by atoms with E-state index >= 15 is 0 Å². The minimum atomic E-state index is -0.349. The average molecular weight is 207 g/mol. The van der Waals surface area contributed by atoms with Crippen LogP contribution in [0.25, 0.3) is 0 Å². The van der Waals surface area contributed by atoms with E-state index in [1.807, 2.05) is 0 Å². The topological polar surface area (TPSA) is 48.4 Å². The molecule has 1 heterocycles. The van der Waals surface area contributed by atoms with E-state index in [2.05, 4.69) is 0 Å². The standard InChI is InChI=1S/C11H10FNO2/c12-8-2-1-3-9(6-8)14-11-5-4-10(7-13)15-11/h1-6H,7,13H2. The van der Waals surface area contributed by atoms with Crippen LogP contribution in [-0.2, 0) is 6.54 Å². The predicted molar refractivity (Wildman–Crippen MR) is 53.1 cm³/mol. The summed E-state index contributed by atoms with van der Waals surface area (Å²) < 4.78 is 23.3. The molecule has 0 fully saturated rings. The fourth-order valence-electron chi connectivity index (χ4n) is 1.17. The summed E-state index contributed by atoms with van der Waals surface area (Å²) in [4.78, 5) is 0. The van der Waals surface area contributed by atoms with Crippen molar-refractivity contribution in [2.75, 3.05) is 0 Å². The Balaban J connectivity index is 2.14. The zero-order valence-electron chi connectivity index (χ0n) is 7.94. The van der Waals surface area contributed by atoms with Crippen molar-refractivity contribution in [3.05, 3.63) is 48.0 Å². The van der Waals surface area contributed by atoms with Crippen LogP contribution in [-0.4, -0.2) is 0 Å². The van der Waals surface area contributed by atoms with Crippen LogP contribution in [0.15, 0.2) is 40.8 Å². The molecular formula is C11H10FNO2. The van der Waals surface area contributed by atoms with Crippen molar-refractivity contribution in [2.45, 2.75) is 6.54 Å². The average Bonchev–Trinajstić information content (AvgIpc) is 2.65. The van der Waals surface area contributed by atoms with E-state index in [9.17, 15) is 4.39 Å². The smallest absolute Gasteiger partial charge is 0.290 e. The Hall–Kier alpha value is -1.81. The summed E-state index contributed by atoms with van der Waals surface area (Å²) >= 11 is 0. The molecule has 78 valence electrons. The molecule has 0 atom stereocenters. The molecule has 15 heavy (non-hydrogen) atoms. The summed E-state index contributed by atoms with van der Waals surface area (Å²) in [6.07, 6.45) is 0. The lowest BCUT2D eigenvalue weighted by atomic mass is 10.3. The van der Waals surface area contributed by atoms with Gasteiger partial charge in [0.25, 0.3) is 5.95 Å². The number of ether oxygens (including phenoxy) is 1. The van der Waals surface area contributed by atoms with Crippen LogP contribution in [0.2, 0.25) is 0 Å². The minimum Gasteiger partial charge on any atom is -0.429 e. The molecule has 0 aliphatic carbocycles. The van der Waals surface area contributed by atoms with Crippen LogP contribution in [0.5, 0.6) is 11.7 Å². The Morgan fingerprint density at radius 3 is 2.80 bits per heavy atom. The Bertz CT molecular complexity index is 453. The number of furan rings is 1. The summed E-state index contributed by atoms with van der Waals surface area (Å²) in [5, 5.41) is 0. The molecular weight excluding hydrogens is 197 g/mol. The van der Waals surface area contributed by atoms with Gasteiger partial charge in [0.05, 0.1) is 6.54 Å². The van der Waals surface area contributed by atoms with Crippen molar-refractivity contribution in [3.63, 3.8) is 0 Å². The molecule has 0 bridgehead atoms. The van der Waals surface area contributed by atoms with Gasteiger partial charge in [0.1, 0.15) is 17.3 Å². The highest BCUT2D eigenvalue weighted by atomic mass is 19.1. The lowest BCUT2D eigenvalue weighted by Gasteiger charge is -2.01. The third-order valence-electron chi connectivity index (χ3n) is 1.85. The summed E-state index contributed by atoms with van der Waals surface area (Å²) in [7, 11) is 0. The van der Waals surface area contributed by atoms with Gasteiger partial charge in [-0.2, -0.15) is 0 Å². The quantitative estimate of drug-likeness (QED) is 0.841. The molecule has 0 aliphatic heterocycles. The SMILES string of the molecule is NCc1ccc(Oc2cccc(F)c2)o1. The number of halogens is 1. The van der Waals surface area contributed by atoms with Gasteiger partial charge in [-0.25, -0.2) is 4.39 Å². The molecule has 0 spiro atoms. The number of rotatable bonds is 3. The molecule has 2 N–H and O–H groups in total. The van der Waals surface area contributed by atoms with Gasteiger partial charge in [0, 0.05) is 12.1 Å². The maximum atomic E-state index is 12.8. The van der Waals surface area contributed by atoms with Gasteiger partial charge in [-0.1, -0.05) is 6.07 Å². The molecule has 1 aromatic heterocycles. The Labute approximate surface area is 86.3 Å². The zero-order chi connectivity index (χ0) is 10.7. The first-order valence-corrected chi connectivity index (χ1v) is 4.50. The van der Waals surface area contributed by atoms with Gasteiger partial charge in [-0.3, -0.25) is 0 Å². The first-order valence-electron chi connectivity index (χ1n) is 4.50. The van der Waals surface area contributed by atoms with E-state index < -0.39 is 0 Å². The van der Waals surface area contributed by atoms with Gasteiger partial charge in [-0.05, 0) is 18.2 Å². The van der Waals surface area contributed by atoms with Gasteiger partial charge in [0.15, 0.2) is 0 Å². The van der Waals surface area contributed by atoms with Gasteiger partial charge < -0.3 is 14.9 Å².